The van der Waals surface area contributed by atoms with Crippen LogP contribution in [0.3, 0.4) is 0 Å². The van der Waals surface area contributed by atoms with Gasteiger partial charge in [-0.05, 0) is 19.8 Å². The Bertz CT molecular complexity index is 309. The first-order chi connectivity index (χ1) is 7.20. The summed E-state index contributed by atoms with van der Waals surface area (Å²) in [5.74, 6) is 0.878. The number of nitrogens with one attached hydrogen (secondary N) is 1. The van der Waals surface area contributed by atoms with Gasteiger partial charge in [-0.25, -0.2) is 4.68 Å². The Kier molecular flexibility index (Phi) is 4.42. The van der Waals surface area contributed by atoms with Crippen LogP contribution in [-0.4, -0.2) is 28.0 Å². The average molecular weight is 212 g/mol. The van der Waals surface area contributed by atoms with E-state index in [1.165, 1.54) is 0 Å². The molecule has 1 aromatic heterocycles. The van der Waals surface area contributed by atoms with Crippen LogP contribution in [0.5, 0.6) is 0 Å². The third-order valence-corrected chi connectivity index (χ3v) is 2.24. The molecule has 0 atom stereocenters. The number of nitrogens with zero attached hydrogens (tertiary/aromatic N) is 2. The highest BCUT2D eigenvalue weighted by atomic mass is 16.3. The van der Waals surface area contributed by atoms with Crippen LogP contribution in [0.2, 0.25) is 0 Å². The zero-order chi connectivity index (χ0) is 11.3. The van der Waals surface area contributed by atoms with Gasteiger partial charge < -0.3 is 16.2 Å². The molecule has 0 aliphatic carbocycles. The quantitative estimate of drug-likeness (QED) is 0.614. The van der Waals surface area contributed by atoms with Gasteiger partial charge in [0.25, 0.3) is 0 Å². The number of nitrogens with two attached hydrogens (primary N) is 1. The lowest BCUT2D eigenvalue weighted by Crippen LogP contribution is -2.11. The molecule has 0 fully saturated rings. The fourth-order valence-electron chi connectivity index (χ4n) is 1.44. The highest BCUT2D eigenvalue weighted by Gasteiger charge is 2.10. The molecule has 86 valence electrons. The fourth-order valence-corrected chi connectivity index (χ4v) is 1.44. The van der Waals surface area contributed by atoms with Crippen molar-refractivity contribution >= 4 is 11.5 Å². The molecule has 5 heteroatoms. The summed E-state index contributed by atoms with van der Waals surface area (Å²) >= 11 is 0. The number of aliphatic hydroxyl groups excluding tert-OH is 1. The molecule has 0 spiro atoms. The predicted octanol–water partition coefficient (Wildman–Crippen LogP) is 0.978. The summed E-state index contributed by atoms with van der Waals surface area (Å²) in [4.78, 5) is 0. The van der Waals surface area contributed by atoms with E-state index >= 15 is 0 Å². The van der Waals surface area contributed by atoms with Crippen molar-refractivity contribution < 1.29 is 5.11 Å². The standard InChI is InChI=1S/C10H20N4O/c1-3-6-14-10(12-5-4-7-15)9(11)8(2)13-14/h12,15H,3-7,11H2,1-2H3. The van der Waals surface area contributed by atoms with Gasteiger partial charge in [-0.1, -0.05) is 6.92 Å². The molecule has 0 unspecified atom stereocenters. The van der Waals surface area contributed by atoms with Crippen LogP contribution < -0.4 is 11.1 Å². The van der Waals surface area contributed by atoms with Crippen LogP contribution in [0.1, 0.15) is 25.5 Å². The van der Waals surface area contributed by atoms with Crippen molar-refractivity contribution in [3.8, 4) is 0 Å². The van der Waals surface area contributed by atoms with Crippen molar-refractivity contribution in [1.82, 2.24) is 9.78 Å². The van der Waals surface area contributed by atoms with Gasteiger partial charge in [0.2, 0.25) is 0 Å². The van der Waals surface area contributed by atoms with Crippen molar-refractivity contribution in [2.45, 2.75) is 33.2 Å². The number of aliphatic hydroxyl groups is 1. The maximum atomic E-state index is 8.70. The third kappa shape index (κ3) is 2.86. The van der Waals surface area contributed by atoms with Gasteiger partial charge in [0.05, 0.1) is 11.4 Å². The maximum Gasteiger partial charge on any atom is 0.148 e. The van der Waals surface area contributed by atoms with Crippen LogP contribution >= 0.6 is 0 Å². The molecule has 0 bridgehead atoms. The Hall–Kier alpha value is -1.23. The molecule has 0 aliphatic rings. The van der Waals surface area contributed by atoms with Crippen LogP contribution in [-0.2, 0) is 6.54 Å². The number of hydrogen-bond donors (Lipinski definition) is 3. The summed E-state index contributed by atoms with van der Waals surface area (Å²) in [6.07, 6.45) is 1.74. The molecule has 0 radical (unpaired) electrons. The van der Waals surface area contributed by atoms with E-state index < -0.39 is 0 Å². The summed E-state index contributed by atoms with van der Waals surface area (Å²) < 4.78 is 1.89. The molecule has 1 heterocycles. The minimum absolute atomic E-state index is 0.188. The van der Waals surface area contributed by atoms with Crippen molar-refractivity contribution in [3.63, 3.8) is 0 Å². The number of aromatic nitrogens is 2. The van der Waals surface area contributed by atoms with Crippen LogP contribution in [0.25, 0.3) is 0 Å². The van der Waals surface area contributed by atoms with Crippen LogP contribution in [0.15, 0.2) is 0 Å². The molecule has 0 aliphatic heterocycles. The molecule has 15 heavy (non-hydrogen) atoms. The number of rotatable bonds is 6. The Balaban J connectivity index is 2.73. The first-order valence-electron chi connectivity index (χ1n) is 5.38. The van der Waals surface area contributed by atoms with Gasteiger partial charge >= 0.3 is 0 Å². The van der Waals surface area contributed by atoms with E-state index in [9.17, 15) is 0 Å². The van der Waals surface area contributed by atoms with Crippen LogP contribution in [0, 0.1) is 6.92 Å². The smallest absolute Gasteiger partial charge is 0.148 e. The van der Waals surface area contributed by atoms with Crippen molar-refractivity contribution in [1.29, 1.82) is 0 Å². The molecule has 0 saturated carbocycles. The molecule has 0 aromatic carbocycles. The SMILES string of the molecule is CCCn1nc(C)c(N)c1NCCCO. The summed E-state index contributed by atoms with van der Waals surface area (Å²) in [7, 11) is 0. The van der Waals surface area contributed by atoms with E-state index in [1.807, 2.05) is 11.6 Å². The van der Waals surface area contributed by atoms with E-state index in [-0.39, 0.29) is 6.61 Å². The number of nitrogen functional groups attached to an aromatic ring is 1. The second-order valence-electron chi connectivity index (χ2n) is 3.57. The van der Waals surface area contributed by atoms with E-state index in [2.05, 4.69) is 17.3 Å². The largest absolute Gasteiger partial charge is 0.396 e. The Morgan fingerprint density at radius 1 is 1.53 bits per heavy atom. The molecule has 5 nitrogen and oxygen atoms in total. The lowest BCUT2D eigenvalue weighted by Gasteiger charge is -2.09. The van der Waals surface area contributed by atoms with E-state index in [1.54, 1.807) is 0 Å². The zero-order valence-electron chi connectivity index (χ0n) is 9.45. The van der Waals surface area contributed by atoms with Gasteiger partial charge in [0.15, 0.2) is 0 Å². The van der Waals surface area contributed by atoms with Gasteiger partial charge in [-0.2, -0.15) is 5.10 Å². The second kappa shape index (κ2) is 5.60. The monoisotopic (exact) mass is 212 g/mol. The van der Waals surface area contributed by atoms with Gasteiger partial charge in [0, 0.05) is 19.7 Å². The maximum absolute atomic E-state index is 8.70. The van der Waals surface area contributed by atoms with Gasteiger partial charge in [-0.15, -0.1) is 0 Å². The summed E-state index contributed by atoms with van der Waals surface area (Å²) in [5, 5.41) is 16.2. The van der Waals surface area contributed by atoms with Crippen molar-refractivity contribution in [2.24, 2.45) is 0 Å². The Morgan fingerprint density at radius 3 is 2.87 bits per heavy atom. The minimum atomic E-state index is 0.188. The van der Waals surface area contributed by atoms with E-state index in [0.29, 0.717) is 5.69 Å². The Labute approximate surface area is 90.3 Å². The van der Waals surface area contributed by atoms with Gasteiger partial charge in [0.1, 0.15) is 5.82 Å². The first-order valence-corrected chi connectivity index (χ1v) is 5.38. The highest BCUT2D eigenvalue weighted by molar-refractivity contribution is 5.64. The molecule has 4 N–H and O–H groups in total. The molecular formula is C10H20N4O. The number of aryl methyl sites for hydroxylation is 2. The number of hydrogen-bond acceptors (Lipinski definition) is 4. The second-order valence-corrected chi connectivity index (χ2v) is 3.57. The molecule has 0 saturated heterocycles. The minimum Gasteiger partial charge on any atom is -0.396 e. The molecule has 0 amide bonds. The summed E-state index contributed by atoms with van der Waals surface area (Å²) in [6, 6.07) is 0. The topological polar surface area (TPSA) is 76.1 Å². The zero-order valence-corrected chi connectivity index (χ0v) is 9.45. The summed E-state index contributed by atoms with van der Waals surface area (Å²) in [6.45, 7) is 5.77. The molecular weight excluding hydrogens is 192 g/mol. The lowest BCUT2D eigenvalue weighted by molar-refractivity contribution is 0.292. The van der Waals surface area contributed by atoms with Gasteiger partial charge in [-0.3, -0.25) is 0 Å². The van der Waals surface area contributed by atoms with Crippen LogP contribution in [0.4, 0.5) is 11.5 Å². The number of anilines is 2. The predicted molar refractivity (Wildman–Crippen MR) is 61.9 cm³/mol. The van der Waals surface area contributed by atoms with Crippen molar-refractivity contribution in [3.05, 3.63) is 5.69 Å². The average Bonchev–Trinajstić information content (AvgIpc) is 2.47. The third-order valence-electron chi connectivity index (χ3n) is 2.24. The first kappa shape index (κ1) is 11.8. The van der Waals surface area contributed by atoms with Crippen molar-refractivity contribution in [2.75, 3.05) is 24.2 Å². The lowest BCUT2D eigenvalue weighted by atomic mass is 10.3. The van der Waals surface area contributed by atoms with E-state index in [0.717, 1.165) is 37.4 Å². The molecule has 1 rings (SSSR count). The fraction of sp³-hybridized carbons (Fsp3) is 0.700. The molecule has 1 aromatic rings. The summed E-state index contributed by atoms with van der Waals surface area (Å²) in [5.41, 5.74) is 7.47. The van der Waals surface area contributed by atoms with E-state index in [4.69, 9.17) is 10.8 Å². The normalized spacial score (nSPS) is 10.6. The Morgan fingerprint density at radius 2 is 2.27 bits per heavy atom. The highest BCUT2D eigenvalue weighted by Crippen LogP contribution is 2.22.